The van der Waals surface area contributed by atoms with Crippen LogP contribution in [0.4, 0.5) is 11.4 Å². The molecular weight excluding hydrogens is 312 g/mol. The van der Waals surface area contributed by atoms with Gasteiger partial charge in [0, 0.05) is 17.7 Å². The predicted molar refractivity (Wildman–Crippen MR) is 89.9 cm³/mol. The number of non-ortho nitro benzene ring substituents is 1. The molecule has 0 heterocycles. The molecule has 0 spiro atoms. The molecule has 0 aliphatic heterocycles. The van der Waals surface area contributed by atoms with Crippen molar-refractivity contribution >= 4 is 17.3 Å². The Morgan fingerprint density at radius 1 is 1.21 bits per heavy atom. The number of nitro groups is 1. The zero-order valence-electron chi connectivity index (χ0n) is 13.7. The Morgan fingerprint density at radius 3 is 2.58 bits per heavy atom. The van der Waals surface area contributed by atoms with Gasteiger partial charge in [-0.15, -0.1) is 0 Å². The molecule has 0 atom stereocenters. The van der Waals surface area contributed by atoms with Crippen LogP contribution in [0.2, 0.25) is 0 Å². The second kappa shape index (κ2) is 7.45. The summed E-state index contributed by atoms with van der Waals surface area (Å²) in [5, 5.41) is 13.6. The van der Waals surface area contributed by atoms with Crippen molar-refractivity contribution in [2.24, 2.45) is 0 Å². The van der Waals surface area contributed by atoms with Gasteiger partial charge in [0.2, 0.25) is 0 Å². The summed E-state index contributed by atoms with van der Waals surface area (Å²) < 4.78 is 10.6. The van der Waals surface area contributed by atoms with Crippen LogP contribution in [0.5, 0.6) is 11.5 Å². The monoisotopic (exact) mass is 330 g/mol. The van der Waals surface area contributed by atoms with Gasteiger partial charge < -0.3 is 14.8 Å². The highest BCUT2D eigenvalue weighted by Crippen LogP contribution is 2.29. The predicted octanol–water partition coefficient (Wildman–Crippen LogP) is 3.56. The summed E-state index contributed by atoms with van der Waals surface area (Å²) in [6.45, 7) is 4.03. The lowest BCUT2D eigenvalue weighted by molar-refractivity contribution is -0.384. The average molecular weight is 330 g/mol. The molecule has 24 heavy (non-hydrogen) atoms. The molecule has 7 nitrogen and oxygen atoms in total. The Kier molecular flexibility index (Phi) is 5.36. The van der Waals surface area contributed by atoms with Crippen LogP contribution in [0.1, 0.15) is 22.8 Å². The van der Waals surface area contributed by atoms with E-state index in [1.807, 2.05) is 6.92 Å². The summed E-state index contributed by atoms with van der Waals surface area (Å²) in [5.74, 6) is 0.602. The number of benzene rings is 2. The van der Waals surface area contributed by atoms with Crippen molar-refractivity contribution in [3.63, 3.8) is 0 Å². The highest BCUT2D eigenvalue weighted by molar-refractivity contribution is 6.05. The third-order valence-corrected chi connectivity index (χ3v) is 3.41. The van der Waals surface area contributed by atoms with Gasteiger partial charge in [-0.2, -0.15) is 0 Å². The number of amides is 1. The van der Waals surface area contributed by atoms with Gasteiger partial charge in [-0.05, 0) is 37.6 Å². The van der Waals surface area contributed by atoms with Crippen molar-refractivity contribution in [3.8, 4) is 11.5 Å². The second-order valence-electron chi connectivity index (χ2n) is 5.01. The standard InChI is InChI=1S/C17H18N2O5/c1-4-24-16-9-12(6-8-15(16)23-3)17(20)18-14-10-13(19(21)22)7-5-11(14)2/h5-10H,4H2,1-3H3,(H,18,20). The number of anilines is 1. The summed E-state index contributed by atoms with van der Waals surface area (Å²) in [4.78, 5) is 22.8. The fourth-order valence-electron chi connectivity index (χ4n) is 2.14. The molecular formula is C17H18N2O5. The summed E-state index contributed by atoms with van der Waals surface area (Å²) in [5.41, 5.74) is 1.40. The van der Waals surface area contributed by atoms with Crippen molar-refractivity contribution in [1.82, 2.24) is 0 Å². The first-order chi connectivity index (χ1) is 11.5. The maximum atomic E-state index is 12.4. The number of methoxy groups -OCH3 is 1. The van der Waals surface area contributed by atoms with E-state index in [9.17, 15) is 14.9 Å². The third kappa shape index (κ3) is 3.81. The van der Waals surface area contributed by atoms with Gasteiger partial charge in [-0.1, -0.05) is 6.07 Å². The number of carbonyl (C=O) groups excluding carboxylic acids is 1. The van der Waals surface area contributed by atoms with E-state index in [1.165, 1.54) is 19.2 Å². The van der Waals surface area contributed by atoms with Crippen LogP contribution >= 0.6 is 0 Å². The van der Waals surface area contributed by atoms with Crippen LogP contribution in [0, 0.1) is 17.0 Å². The number of hydrogen-bond donors (Lipinski definition) is 1. The molecule has 1 amide bonds. The molecule has 2 aromatic carbocycles. The van der Waals surface area contributed by atoms with Crippen molar-refractivity contribution in [2.75, 3.05) is 19.0 Å². The molecule has 1 N–H and O–H groups in total. The van der Waals surface area contributed by atoms with Crippen molar-refractivity contribution in [1.29, 1.82) is 0 Å². The fraction of sp³-hybridized carbons (Fsp3) is 0.235. The second-order valence-corrected chi connectivity index (χ2v) is 5.01. The molecule has 0 bridgehead atoms. The lowest BCUT2D eigenvalue weighted by atomic mass is 10.1. The topological polar surface area (TPSA) is 90.7 Å². The van der Waals surface area contributed by atoms with Crippen molar-refractivity contribution < 1.29 is 19.2 Å². The fourth-order valence-corrected chi connectivity index (χ4v) is 2.14. The van der Waals surface area contributed by atoms with Gasteiger partial charge >= 0.3 is 0 Å². The quantitative estimate of drug-likeness (QED) is 0.646. The van der Waals surface area contributed by atoms with Crippen LogP contribution in [-0.2, 0) is 0 Å². The van der Waals surface area contributed by atoms with Crippen LogP contribution < -0.4 is 14.8 Å². The van der Waals surface area contributed by atoms with Crippen LogP contribution in [0.15, 0.2) is 36.4 Å². The van der Waals surface area contributed by atoms with E-state index in [-0.39, 0.29) is 11.6 Å². The largest absolute Gasteiger partial charge is 0.493 e. The smallest absolute Gasteiger partial charge is 0.271 e. The summed E-state index contributed by atoms with van der Waals surface area (Å²) in [6, 6.07) is 9.13. The van der Waals surface area contributed by atoms with E-state index < -0.39 is 4.92 Å². The first-order valence-corrected chi connectivity index (χ1v) is 7.33. The van der Waals surface area contributed by atoms with Gasteiger partial charge in [0.05, 0.1) is 24.3 Å². The highest BCUT2D eigenvalue weighted by atomic mass is 16.6. The summed E-state index contributed by atoms with van der Waals surface area (Å²) in [6.07, 6.45) is 0. The normalized spacial score (nSPS) is 10.1. The Labute approximate surface area is 139 Å². The Morgan fingerprint density at radius 2 is 1.96 bits per heavy atom. The van der Waals surface area contributed by atoms with Crippen LogP contribution in [0.25, 0.3) is 0 Å². The molecule has 0 aliphatic carbocycles. The number of hydrogen-bond acceptors (Lipinski definition) is 5. The highest BCUT2D eigenvalue weighted by Gasteiger charge is 2.14. The molecule has 126 valence electrons. The number of nitro benzene ring substituents is 1. The van der Waals surface area contributed by atoms with E-state index in [0.29, 0.717) is 29.4 Å². The zero-order chi connectivity index (χ0) is 17.7. The lowest BCUT2D eigenvalue weighted by Gasteiger charge is -2.12. The van der Waals surface area contributed by atoms with Gasteiger partial charge in [0.1, 0.15) is 0 Å². The SMILES string of the molecule is CCOc1cc(C(=O)Nc2cc([N+](=O)[O-])ccc2C)ccc1OC. The Bertz CT molecular complexity index is 774. The molecule has 0 saturated carbocycles. The third-order valence-electron chi connectivity index (χ3n) is 3.41. The summed E-state index contributed by atoms with van der Waals surface area (Å²) in [7, 11) is 1.52. The first-order valence-electron chi connectivity index (χ1n) is 7.33. The molecule has 0 aromatic heterocycles. The van der Waals surface area contributed by atoms with Gasteiger partial charge in [-0.3, -0.25) is 14.9 Å². The van der Waals surface area contributed by atoms with Crippen LogP contribution in [0.3, 0.4) is 0 Å². The minimum absolute atomic E-state index is 0.0827. The van der Waals surface area contributed by atoms with Crippen molar-refractivity contribution in [3.05, 3.63) is 57.6 Å². The number of aryl methyl sites for hydroxylation is 1. The number of carbonyl (C=O) groups is 1. The van der Waals surface area contributed by atoms with Crippen molar-refractivity contribution in [2.45, 2.75) is 13.8 Å². The van der Waals surface area contributed by atoms with E-state index in [0.717, 1.165) is 5.56 Å². The van der Waals surface area contributed by atoms with E-state index in [2.05, 4.69) is 5.32 Å². The molecule has 0 saturated heterocycles. The molecule has 7 heteroatoms. The average Bonchev–Trinajstić information content (AvgIpc) is 2.56. The molecule has 2 rings (SSSR count). The first kappa shape index (κ1) is 17.3. The molecule has 0 fully saturated rings. The number of rotatable bonds is 6. The van der Waals surface area contributed by atoms with Crippen LogP contribution in [-0.4, -0.2) is 24.5 Å². The minimum Gasteiger partial charge on any atom is -0.493 e. The van der Waals surface area contributed by atoms with E-state index in [1.54, 1.807) is 31.2 Å². The van der Waals surface area contributed by atoms with E-state index in [4.69, 9.17) is 9.47 Å². The van der Waals surface area contributed by atoms with Gasteiger partial charge in [0.15, 0.2) is 11.5 Å². The molecule has 0 aliphatic rings. The number of nitrogens with zero attached hydrogens (tertiary/aromatic N) is 1. The Hall–Kier alpha value is -3.09. The molecule has 2 aromatic rings. The Balaban J connectivity index is 2.28. The number of nitrogens with one attached hydrogen (secondary N) is 1. The summed E-state index contributed by atoms with van der Waals surface area (Å²) >= 11 is 0. The zero-order valence-corrected chi connectivity index (χ0v) is 13.7. The number of ether oxygens (including phenoxy) is 2. The van der Waals surface area contributed by atoms with Gasteiger partial charge in [0.25, 0.3) is 11.6 Å². The molecule has 0 unspecified atom stereocenters. The minimum atomic E-state index is -0.504. The molecule has 0 radical (unpaired) electrons. The van der Waals surface area contributed by atoms with Gasteiger partial charge in [-0.25, -0.2) is 0 Å². The van der Waals surface area contributed by atoms with E-state index >= 15 is 0 Å². The maximum Gasteiger partial charge on any atom is 0.271 e. The maximum absolute atomic E-state index is 12.4. The lowest BCUT2D eigenvalue weighted by Crippen LogP contribution is -2.13.